The molecule has 0 spiro atoms. The average Bonchev–Trinajstić information content (AvgIpc) is 3.77. The van der Waals surface area contributed by atoms with Gasteiger partial charge in [-0.25, -0.2) is 4.79 Å². The minimum Gasteiger partial charge on any atom is -0.490 e. The van der Waals surface area contributed by atoms with Gasteiger partial charge in [0.2, 0.25) is 0 Å². The lowest BCUT2D eigenvalue weighted by Gasteiger charge is -2.40. The number of likely N-dealkylation sites (tertiary alicyclic amines) is 1. The first kappa shape index (κ1) is 36.2. The number of hydrogen-bond donors (Lipinski definition) is 2. The largest absolute Gasteiger partial charge is 0.490 e. The molecule has 3 aliphatic heterocycles. The zero-order valence-corrected chi connectivity index (χ0v) is 29.3. The van der Waals surface area contributed by atoms with Crippen LogP contribution < -0.4 is 14.8 Å². The Bertz CT molecular complexity index is 1700. The summed E-state index contributed by atoms with van der Waals surface area (Å²) < 4.78 is 38.9. The minimum atomic E-state index is -0.513. The molecule has 4 aromatic heterocycles. The maximum atomic E-state index is 12.3. The molecule has 15 heteroatoms. The predicted octanol–water partition coefficient (Wildman–Crippen LogP) is 5.14. The minimum absolute atomic E-state index is 0.00968. The molecule has 3 saturated heterocycles. The summed E-state index contributed by atoms with van der Waals surface area (Å²) in [5.41, 5.74) is 2.22. The molecule has 0 saturated carbocycles. The van der Waals surface area contributed by atoms with Gasteiger partial charge in [0.15, 0.2) is 17.8 Å². The van der Waals surface area contributed by atoms with Crippen molar-refractivity contribution in [1.82, 2.24) is 30.5 Å². The van der Waals surface area contributed by atoms with Crippen LogP contribution in [0.25, 0.3) is 22.6 Å². The van der Waals surface area contributed by atoms with Crippen molar-refractivity contribution in [2.45, 2.75) is 90.1 Å². The van der Waals surface area contributed by atoms with Crippen LogP contribution in [0.3, 0.4) is 0 Å². The third kappa shape index (κ3) is 10.5. The van der Waals surface area contributed by atoms with Crippen molar-refractivity contribution < 1.29 is 42.6 Å². The average molecular weight is 707 g/mol. The molecule has 3 atom stereocenters. The van der Waals surface area contributed by atoms with E-state index in [9.17, 15) is 4.79 Å². The van der Waals surface area contributed by atoms with Gasteiger partial charge >= 0.3 is 6.09 Å². The van der Waals surface area contributed by atoms with E-state index in [1.165, 1.54) is 0 Å². The molecule has 2 N–H and O–H groups in total. The normalized spacial score (nSPS) is 20.0. The van der Waals surface area contributed by atoms with Crippen LogP contribution in [-0.4, -0.2) is 93.3 Å². The lowest BCUT2D eigenvalue weighted by atomic mass is 10.1. The van der Waals surface area contributed by atoms with Gasteiger partial charge in [-0.15, -0.1) is 0 Å². The number of aromatic nitrogens is 4. The third-order valence-electron chi connectivity index (χ3n) is 8.42. The fraction of sp³-hybridized carbons (Fsp3) is 0.528. The third-order valence-corrected chi connectivity index (χ3v) is 8.42. The van der Waals surface area contributed by atoms with Crippen LogP contribution in [0.2, 0.25) is 0 Å². The van der Waals surface area contributed by atoms with Crippen molar-refractivity contribution >= 4 is 6.09 Å². The van der Waals surface area contributed by atoms with E-state index in [1.807, 2.05) is 39.0 Å². The van der Waals surface area contributed by atoms with Gasteiger partial charge < -0.3 is 48.1 Å². The zero-order chi connectivity index (χ0) is 35.6. The van der Waals surface area contributed by atoms with Gasteiger partial charge in [-0.1, -0.05) is 10.3 Å². The molecule has 3 aliphatic rings. The summed E-state index contributed by atoms with van der Waals surface area (Å²) in [6.07, 6.45) is 11.3. The summed E-state index contributed by atoms with van der Waals surface area (Å²) in [5.74, 6) is 2.46. The molecule has 1 amide bonds. The molecule has 0 aliphatic carbocycles. The lowest BCUT2D eigenvalue weighted by molar-refractivity contribution is -0.169. The van der Waals surface area contributed by atoms with Gasteiger partial charge in [0.25, 0.3) is 0 Å². The van der Waals surface area contributed by atoms with Crippen LogP contribution >= 0.6 is 0 Å². The van der Waals surface area contributed by atoms with E-state index in [0.29, 0.717) is 66.8 Å². The number of nitrogens with zero attached hydrogens (tertiary/aromatic N) is 5. The second kappa shape index (κ2) is 17.1. The van der Waals surface area contributed by atoms with E-state index in [4.69, 9.17) is 37.8 Å². The first-order valence-electron chi connectivity index (χ1n) is 17.4. The molecule has 0 aromatic carbocycles. The Morgan fingerprint density at radius 2 is 1.57 bits per heavy atom. The number of aliphatic hydroxyl groups is 1. The fourth-order valence-electron chi connectivity index (χ4n) is 5.38. The Morgan fingerprint density at radius 1 is 0.902 bits per heavy atom. The number of rotatable bonds is 12. The number of nitrogens with one attached hydrogen (secondary N) is 1. The number of amides is 1. The number of carbonyl (C=O) groups is 1. The summed E-state index contributed by atoms with van der Waals surface area (Å²) in [6.45, 7) is 9.27. The summed E-state index contributed by atoms with van der Waals surface area (Å²) in [6, 6.07) is 7.65. The predicted molar refractivity (Wildman–Crippen MR) is 183 cm³/mol. The molecular weight excluding hydrogens is 660 g/mol. The van der Waals surface area contributed by atoms with Crippen LogP contribution in [0.1, 0.15) is 64.3 Å². The molecule has 7 heterocycles. The van der Waals surface area contributed by atoms with Gasteiger partial charge in [0.1, 0.15) is 41.7 Å². The SMILES string of the molecule is CC(C)(C)OC(=O)N1CC[C@H]1COc1cncc(-c2cc(COC3CCCCO3)no2)c1.OCc1cc(-c2cncc(OC[C@@H]3CCN3)c2)on1. The molecule has 274 valence electrons. The van der Waals surface area contributed by atoms with E-state index in [2.05, 4.69) is 25.6 Å². The molecule has 4 aromatic rings. The van der Waals surface area contributed by atoms with Gasteiger partial charge in [0.05, 0.1) is 31.6 Å². The number of pyridine rings is 2. The zero-order valence-electron chi connectivity index (χ0n) is 29.3. The van der Waals surface area contributed by atoms with Gasteiger partial charge in [-0.2, -0.15) is 0 Å². The van der Waals surface area contributed by atoms with E-state index in [-0.39, 0.29) is 25.0 Å². The Kier molecular flexibility index (Phi) is 12.1. The Morgan fingerprint density at radius 3 is 2.12 bits per heavy atom. The standard InChI is InChI=1S/C23H31N3O6.C13H15N3O3/c1-23(2,3)31-22(27)26-8-7-18(26)15-29-19-10-16(12-24-13-19)20-11-17(25-32-20)14-30-21-6-4-5-9-28-21;17-7-11-4-13(19-16-11)9-3-12(6-14-5-9)18-8-10-1-2-15-10/h10-13,18,21H,4-9,14-15H2,1-3H3;3-6,10,15,17H,1-2,7-8H2/t18-,21?;10-/m00/s1. The molecule has 15 nitrogen and oxygen atoms in total. The summed E-state index contributed by atoms with van der Waals surface area (Å²) in [7, 11) is 0. The summed E-state index contributed by atoms with van der Waals surface area (Å²) in [4.78, 5) is 22.3. The fourth-order valence-corrected chi connectivity index (χ4v) is 5.38. The van der Waals surface area contributed by atoms with Gasteiger partial charge in [-0.05, 0) is 71.6 Å². The van der Waals surface area contributed by atoms with E-state index >= 15 is 0 Å². The highest BCUT2D eigenvalue weighted by atomic mass is 16.7. The summed E-state index contributed by atoms with van der Waals surface area (Å²) >= 11 is 0. The maximum Gasteiger partial charge on any atom is 0.410 e. The van der Waals surface area contributed by atoms with Gasteiger partial charge in [-0.3, -0.25) is 9.97 Å². The van der Waals surface area contributed by atoms with E-state index < -0.39 is 5.60 Å². The van der Waals surface area contributed by atoms with Crippen molar-refractivity contribution in [2.75, 3.05) is 32.9 Å². The summed E-state index contributed by atoms with van der Waals surface area (Å²) in [5, 5.41) is 20.0. The van der Waals surface area contributed by atoms with Crippen LogP contribution in [0.15, 0.2) is 58.1 Å². The number of aliphatic hydroxyl groups excluding tert-OH is 1. The highest BCUT2D eigenvalue weighted by molar-refractivity contribution is 5.69. The van der Waals surface area contributed by atoms with Crippen molar-refractivity contribution in [3.05, 3.63) is 60.4 Å². The molecule has 1 unspecified atom stereocenters. The van der Waals surface area contributed by atoms with Crippen molar-refractivity contribution in [3.8, 4) is 34.1 Å². The molecular formula is C36H46N6O9. The molecule has 0 radical (unpaired) electrons. The Balaban J connectivity index is 0.000000200. The highest BCUT2D eigenvalue weighted by Crippen LogP contribution is 2.27. The molecule has 51 heavy (non-hydrogen) atoms. The van der Waals surface area contributed by atoms with E-state index in [1.54, 1.807) is 35.8 Å². The molecule has 7 rings (SSSR count). The topological polar surface area (TPSA) is 177 Å². The first-order valence-corrected chi connectivity index (χ1v) is 17.4. The van der Waals surface area contributed by atoms with E-state index in [0.717, 1.165) is 56.4 Å². The lowest BCUT2D eigenvalue weighted by Crippen LogP contribution is -2.55. The number of ether oxygens (including phenoxy) is 5. The smallest absolute Gasteiger partial charge is 0.410 e. The van der Waals surface area contributed by atoms with Gasteiger partial charge in [0, 0.05) is 54.8 Å². The monoisotopic (exact) mass is 706 g/mol. The second-order valence-electron chi connectivity index (χ2n) is 13.6. The second-order valence-corrected chi connectivity index (χ2v) is 13.6. The van der Waals surface area contributed by atoms with Crippen LogP contribution in [0.4, 0.5) is 4.79 Å². The highest BCUT2D eigenvalue weighted by Gasteiger charge is 2.35. The van der Waals surface area contributed by atoms with Crippen molar-refractivity contribution in [3.63, 3.8) is 0 Å². The van der Waals surface area contributed by atoms with Crippen LogP contribution in [-0.2, 0) is 27.4 Å². The number of hydrogen-bond acceptors (Lipinski definition) is 14. The quantitative estimate of drug-likeness (QED) is 0.198. The molecule has 0 bridgehead atoms. The van der Waals surface area contributed by atoms with Crippen LogP contribution in [0.5, 0.6) is 11.5 Å². The van der Waals surface area contributed by atoms with Crippen LogP contribution in [0, 0.1) is 0 Å². The van der Waals surface area contributed by atoms with Crippen molar-refractivity contribution in [2.24, 2.45) is 0 Å². The Labute approximate surface area is 296 Å². The first-order chi connectivity index (χ1) is 24.7. The van der Waals surface area contributed by atoms with Crippen molar-refractivity contribution in [1.29, 1.82) is 0 Å². The Hall–Kier alpha value is -4.57. The molecule has 3 fully saturated rings. The maximum absolute atomic E-state index is 12.3. The number of carbonyl (C=O) groups excluding carboxylic acids is 1.